The second kappa shape index (κ2) is 14.0. The molecule has 0 spiro atoms. The molecular weight excluding hydrogens is 507 g/mol. The molecule has 0 aliphatic heterocycles. The van der Waals surface area contributed by atoms with Crippen molar-refractivity contribution in [2.75, 3.05) is 0 Å². The molecule has 0 saturated heterocycles. The van der Waals surface area contributed by atoms with Crippen LogP contribution in [0.3, 0.4) is 0 Å². The Labute approximate surface area is 200 Å². The second-order valence-corrected chi connectivity index (χ2v) is 19.8. The Bertz CT molecular complexity index is 681. The third-order valence-electron chi connectivity index (χ3n) is 5.50. The first kappa shape index (κ1) is 27.8. The zero-order valence-electron chi connectivity index (χ0n) is 20.9. The van der Waals surface area contributed by atoms with Crippen LogP contribution >= 0.6 is 11.1 Å². The predicted octanol–water partition coefficient (Wildman–Crippen LogP) is 6.78. The van der Waals surface area contributed by atoms with Crippen LogP contribution in [0.1, 0.15) is 74.9 Å². The first-order chi connectivity index (χ1) is 14.3. The van der Waals surface area contributed by atoms with E-state index >= 15 is 0 Å². The SMILES string of the molecule is CCc1cc(CC)c([Si](Cl)c2c(CC)cc(CC)cc2CC)c(CC)c1.[CH3][Sn]([CH3])[CH3]. The topological polar surface area (TPSA) is 0 Å². The minimum atomic E-state index is -1.29. The molecule has 0 aromatic heterocycles. The van der Waals surface area contributed by atoms with Crippen LogP contribution in [-0.4, -0.2) is 27.9 Å². The van der Waals surface area contributed by atoms with E-state index in [9.17, 15) is 0 Å². The van der Waals surface area contributed by atoms with E-state index in [2.05, 4.69) is 80.6 Å². The van der Waals surface area contributed by atoms with Crippen LogP contribution in [0.4, 0.5) is 0 Å². The fourth-order valence-electron chi connectivity index (χ4n) is 3.89. The molecule has 0 aliphatic rings. The second-order valence-electron chi connectivity index (χ2n) is 8.51. The zero-order valence-corrected chi connectivity index (χ0v) is 25.5. The Morgan fingerprint density at radius 2 is 0.800 bits per heavy atom. The van der Waals surface area contributed by atoms with Crippen LogP contribution in [0.15, 0.2) is 24.3 Å². The van der Waals surface area contributed by atoms with Gasteiger partial charge in [0.05, 0.1) is 0 Å². The molecule has 0 heterocycles. The summed E-state index contributed by atoms with van der Waals surface area (Å²) in [5, 5.41) is 2.93. The molecule has 2 rings (SSSR count). The molecule has 0 saturated carbocycles. The summed E-state index contributed by atoms with van der Waals surface area (Å²) >= 11 is 6.82. The molecular formula is C27H43ClSiSn. The fraction of sp³-hybridized carbons (Fsp3) is 0.556. The van der Waals surface area contributed by atoms with Gasteiger partial charge in [0.15, 0.2) is 0 Å². The average molecular weight is 550 g/mol. The third-order valence-corrected chi connectivity index (χ3v) is 8.80. The summed E-state index contributed by atoms with van der Waals surface area (Å²) in [4.78, 5) is 7.09. The maximum absolute atomic E-state index is 7.36. The monoisotopic (exact) mass is 550 g/mol. The van der Waals surface area contributed by atoms with Crippen LogP contribution in [-0.2, 0) is 38.5 Å². The number of rotatable bonds is 8. The first-order valence-electron chi connectivity index (χ1n) is 11.9. The van der Waals surface area contributed by atoms with Gasteiger partial charge >= 0.3 is 34.6 Å². The minimum absolute atomic E-state index is 0.543. The molecule has 0 fully saturated rings. The number of hydrogen-bond donors (Lipinski definition) is 0. The van der Waals surface area contributed by atoms with Crippen molar-refractivity contribution in [3.63, 3.8) is 0 Å². The molecule has 0 aliphatic carbocycles. The standard InChI is InChI=1S/C24H34ClSi.3CH3.Sn/c1-7-17-13-19(9-3)23(20(10-4)14-17)26(25)24-21(11-5)15-18(8-2)16-22(24)12-6;;;;/h13-16H,7-12H2,1-6H3;3*1H3;. The molecule has 30 heavy (non-hydrogen) atoms. The van der Waals surface area contributed by atoms with Gasteiger partial charge in [-0.1, -0.05) is 65.8 Å². The molecule has 0 N–H and O–H groups in total. The molecule has 0 unspecified atom stereocenters. The van der Waals surface area contributed by atoms with Gasteiger partial charge in [-0.25, -0.2) is 0 Å². The van der Waals surface area contributed by atoms with Gasteiger partial charge in [-0.2, -0.15) is 11.1 Å². The molecule has 0 atom stereocenters. The summed E-state index contributed by atoms with van der Waals surface area (Å²) in [5.74, 6) is 0. The van der Waals surface area contributed by atoms with Gasteiger partial charge in [0.2, 0.25) is 8.11 Å². The van der Waals surface area contributed by atoms with E-state index < -0.39 is 27.9 Å². The van der Waals surface area contributed by atoms with Gasteiger partial charge in [0.1, 0.15) is 0 Å². The van der Waals surface area contributed by atoms with Crippen molar-refractivity contribution in [3.05, 3.63) is 57.6 Å². The van der Waals surface area contributed by atoms with Crippen LogP contribution in [0.25, 0.3) is 0 Å². The van der Waals surface area contributed by atoms with Crippen molar-refractivity contribution in [2.45, 2.75) is 94.9 Å². The number of benzene rings is 2. The van der Waals surface area contributed by atoms with Crippen molar-refractivity contribution in [1.29, 1.82) is 0 Å². The van der Waals surface area contributed by atoms with Crippen molar-refractivity contribution >= 4 is 49.3 Å². The van der Waals surface area contributed by atoms with E-state index in [0.717, 1.165) is 38.5 Å². The van der Waals surface area contributed by atoms with Crippen LogP contribution < -0.4 is 10.4 Å². The van der Waals surface area contributed by atoms with Gasteiger partial charge in [-0.3, -0.25) is 0 Å². The molecule has 0 amide bonds. The van der Waals surface area contributed by atoms with Gasteiger partial charge in [0.25, 0.3) is 0 Å². The van der Waals surface area contributed by atoms with Crippen LogP contribution in [0.5, 0.6) is 0 Å². The van der Waals surface area contributed by atoms with Gasteiger partial charge in [0, 0.05) is 0 Å². The average Bonchev–Trinajstić information content (AvgIpc) is 2.75. The maximum atomic E-state index is 7.36. The summed E-state index contributed by atoms with van der Waals surface area (Å²) in [6.45, 7) is 13.6. The normalized spacial score (nSPS) is 11.1. The molecule has 2 aromatic carbocycles. The fourth-order valence-corrected chi connectivity index (χ4v) is 7.72. The molecule has 2 aromatic rings. The molecule has 0 nitrogen and oxygen atoms in total. The van der Waals surface area contributed by atoms with E-state index in [1.54, 1.807) is 0 Å². The number of aryl methyl sites for hydroxylation is 6. The van der Waals surface area contributed by atoms with Crippen molar-refractivity contribution in [2.24, 2.45) is 0 Å². The summed E-state index contributed by atoms with van der Waals surface area (Å²) in [7, 11) is -1.29. The molecule has 0 bridgehead atoms. The van der Waals surface area contributed by atoms with E-state index in [4.69, 9.17) is 11.1 Å². The Balaban J connectivity index is 0.00000103. The van der Waals surface area contributed by atoms with Gasteiger partial charge in [-0.05, 0) is 82.3 Å². The van der Waals surface area contributed by atoms with Crippen LogP contribution in [0.2, 0.25) is 14.8 Å². The first-order valence-corrected chi connectivity index (χ1v) is 22.9. The Hall–Kier alpha value is -0.254. The Morgan fingerprint density at radius 1 is 0.567 bits per heavy atom. The summed E-state index contributed by atoms with van der Waals surface area (Å²) < 4.78 is 0. The quantitative estimate of drug-likeness (QED) is 0.252. The summed E-state index contributed by atoms with van der Waals surface area (Å²) in [5.41, 5.74) is 8.76. The molecule has 3 heteroatoms. The van der Waals surface area contributed by atoms with E-state index in [0.29, 0.717) is 0 Å². The Kier molecular flexibility index (Phi) is 13.0. The van der Waals surface area contributed by atoms with E-state index in [1.165, 1.54) is 43.8 Å². The zero-order chi connectivity index (χ0) is 22.8. The van der Waals surface area contributed by atoms with Gasteiger partial charge in [-0.15, -0.1) is 0 Å². The van der Waals surface area contributed by atoms with E-state index in [-0.39, 0.29) is 0 Å². The summed E-state index contributed by atoms with van der Waals surface area (Å²) in [6.07, 6.45) is 6.44. The van der Waals surface area contributed by atoms with Crippen molar-refractivity contribution < 1.29 is 0 Å². The predicted molar refractivity (Wildman–Crippen MR) is 143 cm³/mol. The van der Waals surface area contributed by atoms with Gasteiger partial charge < -0.3 is 0 Å². The number of hydrogen-bond acceptors (Lipinski definition) is 0. The summed E-state index contributed by atoms with van der Waals surface area (Å²) in [6, 6.07) is 9.61. The van der Waals surface area contributed by atoms with Crippen molar-refractivity contribution in [3.8, 4) is 0 Å². The third kappa shape index (κ3) is 7.41. The van der Waals surface area contributed by atoms with Crippen LogP contribution in [0, 0.1) is 0 Å². The Morgan fingerprint density at radius 3 is 0.967 bits per heavy atom. The molecule has 166 valence electrons. The molecule has 2 radical (unpaired) electrons. The van der Waals surface area contributed by atoms with Crippen molar-refractivity contribution in [1.82, 2.24) is 0 Å². The van der Waals surface area contributed by atoms with E-state index in [1.807, 2.05) is 0 Å². The number of halogens is 1.